The molecule has 0 aliphatic carbocycles. The van der Waals surface area contributed by atoms with Gasteiger partial charge in [0.05, 0.1) is 20.8 Å². The minimum absolute atomic E-state index is 0.000677. The van der Waals surface area contributed by atoms with Crippen LogP contribution in [0.5, 0.6) is 5.75 Å². The molecule has 0 saturated carbocycles. The Kier molecular flexibility index (Phi) is 6.48. The summed E-state index contributed by atoms with van der Waals surface area (Å²) in [5, 5.41) is 0.771. The number of halogens is 2. The van der Waals surface area contributed by atoms with Gasteiger partial charge in [-0.05, 0) is 80.6 Å². The topological polar surface area (TPSA) is 77.5 Å². The van der Waals surface area contributed by atoms with Crippen molar-refractivity contribution in [2.75, 3.05) is 0 Å². The first-order chi connectivity index (χ1) is 14.0. The minimum Gasteiger partial charge on any atom is -0.490 e. The van der Waals surface area contributed by atoms with Gasteiger partial charge in [0, 0.05) is 10.0 Å². The predicted octanol–water partition coefficient (Wildman–Crippen LogP) is 5.45. The third kappa shape index (κ3) is 4.64. The van der Waals surface area contributed by atoms with Crippen molar-refractivity contribution in [2.45, 2.75) is 39.5 Å². The second-order valence-corrected chi connectivity index (χ2v) is 11.4. The van der Waals surface area contributed by atoms with Crippen molar-refractivity contribution in [3.63, 3.8) is 0 Å². The van der Waals surface area contributed by atoms with Gasteiger partial charge in [0.2, 0.25) is 19.7 Å². The molecule has 3 rings (SSSR count). The Balaban J connectivity index is 2.20. The van der Waals surface area contributed by atoms with Crippen LogP contribution in [-0.2, 0) is 19.7 Å². The Morgan fingerprint density at radius 1 is 0.667 bits per heavy atom. The zero-order valence-electron chi connectivity index (χ0n) is 16.0. The van der Waals surface area contributed by atoms with Crippen molar-refractivity contribution in [3.05, 3.63) is 76.8 Å². The van der Waals surface area contributed by atoms with E-state index in [0.29, 0.717) is 10.0 Å². The highest BCUT2D eigenvalue weighted by molar-refractivity contribution is 7.92. The Morgan fingerprint density at radius 3 is 1.57 bits per heavy atom. The molecule has 0 bridgehead atoms. The summed E-state index contributed by atoms with van der Waals surface area (Å²) in [5.74, 6) is 0.0648. The van der Waals surface area contributed by atoms with Gasteiger partial charge in [0.1, 0.15) is 10.6 Å². The summed E-state index contributed by atoms with van der Waals surface area (Å²) in [6, 6.07) is 15.0. The van der Waals surface area contributed by atoms with E-state index in [1.807, 2.05) is 0 Å². The van der Waals surface area contributed by atoms with E-state index < -0.39 is 19.7 Å². The van der Waals surface area contributed by atoms with E-state index in [1.54, 1.807) is 13.8 Å². The first-order valence-corrected chi connectivity index (χ1v) is 12.6. The summed E-state index contributed by atoms with van der Waals surface area (Å²) in [5.41, 5.74) is 0. The lowest BCUT2D eigenvalue weighted by molar-refractivity contribution is 0.236. The van der Waals surface area contributed by atoms with Crippen molar-refractivity contribution >= 4 is 42.9 Å². The van der Waals surface area contributed by atoms with Crippen LogP contribution in [0, 0.1) is 0 Å². The van der Waals surface area contributed by atoms with Crippen molar-refractivity contribution in [1.29, 1.82) is 0 Å². The van der Waals surface area contributed by atoms with Crippen LogP contribution in [0.15, 0.2) is 86.3 Å². The Hall–Kier alpha value is -2.06. The summed E-state index contributed by atoms with van der Waals surface area (Å²) in [7, 11) is -8.05. The maximum atomic E-state index is 13.3. The second-order valence-electron chi connectivity index (χ2n) is 6.69. The van der Waals surface area contributed by atoms with Gasteiger partial charge in [0.15, 0.2) is 0 Å². The van der Waals surface area contributed by atoms with Gasteiger partial charge in [0.25, 0.3) is 0 Å². The molecule has 0 atom stereocenters. The zero-order chi connectivity index (χ0) is 22.1. The summed E-state index contributed by atoms with van der Waals surface area (Å²) >= 11 is 11.7. The highest BCUT2D eigenvalue weighted by Gasteiger charge is 2.27. The van der Waals surface area contributed by atoms with Crippen molar-refractivity contribution in [3.8, 4) is 5.75 Å². The van der Waals surface area contributed by atoms with Crippen LogP contribution in [0.4, 0.5) is 0 Å². The van der Waals surface area contributed by atoms with Crippen LogP contribution < -0.4 is 4.74 Å². The van der Waals surface area contributed by atoms with Crippen molar-refractivity contribution in [1.82, 2.24) is 0 Å². The molecular formula is C21H18Cl2O5S2. The number of sulfone groups is 2. The van der Waals surface area contributed by atoms with Crippen LogP contribution in [0.2, 0.25) is 10.0 Å². The molecule has 158 valence electrons. The van der Waals surface area contributed by atoms with Gasteiger partial charge in [-0.3, -0.25) is 0 Å². The van der Waals surface area contributed by atoms with Crippen LogP contribution in [0.1, 0.15) is 13.8 Å². The van der Waals surface area contributed by atoms with Gasteiger partial charge in [-0.15, -0.1) is 0 Å². The fraction of sp³-hybridized carbons (Fsp3) is 0.143. The lowest BCUT2D eigenvalue weighted by atomic mass is 10.3. The quantitative estimate of drug-likeness (QED) is 0.464. The molecule has 0 unspecified atom stereocenters. The number of rotatable bonds is 6. The second kappa shape index (κ2) is 8.59. The van der Waals surface area contributed by atoms with E-state index in [4.69, 9.17) is 27.9 Å². The highest BCUT2D eigenvalue weighted by atomic mass is 35.5. The summed E-state index contributed by atoms with van der Waals surface area (Å²) in [6.45, 7) is 3.49. The Morgan fingerprint density at radius 2 is 1.10 bits per heavy atom. The summed E-state index contributed by atoms with van der Waals surface area (Å²) < 4.78 is 58.3. The third-order valence-electron chi connectivity index (χ3n) is 4.13. The van der Waals surface area contributed by atoms with Crippen LogP contribution in [0.3, 0.4) is 0 Å². The standard InChI is InChI=1S/C21H18Cl2O5S2/c1-14(2)28-20-12-11-19(29(24,25)17-7-3-15(22)4-8-17)13-21(20)30(26,27)18-9-5-16(23)6-10-18/h3-14H,1-2H3. The first-order valence-electron chi connectivity index (χ1n) is 8.84. The van der Waals surface area contributed by atoms with Gasteiger partial charge >= 0.3 is 0 Å². The predicted molar refractivity (Wildman–Crippen MR) is 116 cm³/mol. The first kappa shape index (κ1) is 22.6. The molecule has 0 radical (unpaired) electrons. The zero-order valence-corrected chi connectivity index (χ0v) is 19.2. The molecule has 0 saturated heterocycles. The molecular weight excluding hydrogens is 467 g/mol. The molecule has 0 fully saturated rings. The average molecular weight is 485 g/mol. The third-order valence-corrected chi connectivity index (χ3v) is 8.19. The summed E-state index contributed by atoms with van der Waals surface area (Å²) in [6.07, 6.45) is -0.317. The molecule has 0 heterocycles. The maximum absolute atomic E-state index is 13.3. The normalized spacial score (nSPS) is 12.2. The van der Waals surface area contributed by atoms with Crippen molar-refractivity contribution in [2.24, 2.45) is 0 Å². The van der Waals surface area contributed by atoms with E-state index in [0.717, 1.165) is 6.07 Å². The Bertz CT molecular complexity index is 1270. The van der Waals surface area contributed by atoms with E-state index in [9.17, 15) is 16.8 Å². The molecule has 0 aromatic heterocycles. The minimum atomic E-state index is -4.07. The molecule has 0 aliphatic rings. The molecule has 5 nitrogen and oxygen atoms in total. The lowest BCUT2D eigenvalue weighted by Gasteiger charge is -2.16. The Labute approximate surface area is 186 Å². The van der Waals surface area contributed by atoms with Crippen LogP contribution in [-0.4, -0.2) is 22.9 Å². The van der Waals surface area contributed by atoms with E-state index >= 15 is 0 Å². The molecule has 9 heteroatoms. The molecule has 30 heavy (non-hydrogen) atoms. The van der Waals surface area contributed by atoms with Crippen LogP contribution in [0.25, 0.3) is 0 Å². The fourth-order valence-corrected chi connectivity index (χ4v) is 5.73. The van der Waals surface area contributed by atoms with E-state index in [2.05, 4.69) is 0 Å². The van der Waals surface area contributed by atoms with E-state index in [1.165, 1.54) is 60.7 Å². The van der Waals surface area contributed by atoms with Gasteiger partial charge < -0.3 is 4.74 Å². The highest BCUT2D eigenvalue weighted by Crippen LogP contribution is 2.34. The molecule has 3 aromatic rings. The van der Waals surface area contributed by atoms with Gasteiger partial charge in [-0.1, -0.05) is 23.2 Å². The van der Waals surface area contributed by atoms with Crippen molar-refractivity contribution < 1.29 is 21.6 Å². The number of benzene rings is 3. The largest absolute Gasteiger partial charge is 0.490 e. The molecule has 3 aromatic carbocycles. The molecule has 0 spiro atoms. The maximum Gasteiger partial charge on any atom is 0.210 e. The lowest BCUT2D eigenvalue weighted by Crippen LogP contribution is -2.12. The van der Waals surface area contributed by atoms with Gasteiger partial charge in [-0.25, -0.2) is 16.8 Å². The monoisotopic (exact) mass is 484 g/mol. The molecule has 0 amide bonds. The number of ether oxygens (including phenoxy) is 1. The number of hydrogen-bond donors (Lipinski definition) is 0. The summed E-state index contributed by atoms with van der Waals surface area (Å²) in [4.78, 5) is -0.442. The fourth-order valence-electron chi connectivity index (χ4n) is 2.71. The smallest absolute Gasteiger partial charge is 0.210 e. The van der Waals surface area contributed by atoms with E-state index in [-0.39, 0.29) is 31.4 Å². The average Bonchev–Trinajstić information content (AvgIpc) is 2.68. The molecule has 0 N–H and O–H groups in total. The van der Waals surface area contributed by atoms with Crippen LogP contribution >= 0.6 is 23.2 Å². The number of hydrogen-bond acceptors (Lipinski definition) is 5. The SMILES string of the molecule is CC(C)Oc1ccc(S(=O)(=O)c2ccc(Cl)cc2)cc1S(=O)(=O)c1ccc(Cl)cc1. The molecule has 0 aliphatic heterocycles. The van der Waals surface area contributed by atoms with Gasteiger partial charge in [-0.2, -0.15) is 0 Å².